The van der Waals surface area contributed by atoms with Crippen molar-refractivity contribution in [3.05, 3.63) is 34.3 Å². The molecule has 3 heteroatoms. The van der Waals surface area contributed by atoms with Gasteiger partial charge in [0.25, 0.3) is 0 Å². The topological polar surface area (TPSA) is 32.3 Å². The van der Waals surface area contributed by atoms with Crippen LogP contribution in [0.15, 0.2) is 28.7 Å². The fraction of sp³-hybridized carbons (Fsp3) is 0.538. The summed E-state index contributed by atoms with van der Waals surface area (Å²) in [6.45, 7) is 4.27. The van der Waals surface area contributed by atoms with Crippen LogP contribution in [0.5, 0.6) is 0 Å². The van der Waals surface area contributed by atoms with Gasteiger partial charge in [0.15, 0.2) is 0 Å². The lowest BCUT2D eigenvalue weighted by Crippen LogP contribution is -2.26. The van der Waals surface area contributed by atoms with Crippen molar-refractivity contribution in [1.82, 2.24) is 5.32 Å². The Labute approximate surface area is 106 Å². The number of halogens is 1. The molecule has 2 rings (SSSR count). The van der Waals surface area contributed by atoms with Gasteiger partial charge in [0, 0.05) is 11.1 Å². The minimum atomic E-state index is 0.250. The minimum absolute atomic E-state index is 0.250. The second kappa shape index (κ2) is 7.82. The Morgan fingerprint density at radius 1 is 1.25 bits per heavy atom. The largest absolute Gasteiger partial charge is 0.397 e. The number of aliphatic hydroxyl groups is 1. The highest BCUT2D eigenvalue weighted by molar-refractivity contribution is 9.10. The lowest BCUT2D eigenvalue weighted by molar-refractivity contribution is 0.318. The Hall–Kier alpha value is -0.380. The molecule has 0 aromatic heterocycles. The molecule has 1 aromatic carbocycles. The molecular weight excluding hydrogens is 266 g/mol. The summed E-state index contributed by atoms with van der Waals surface area (Å²) >= 11 is 3.46. The van der Waals surface area contributed by atoms with Gasteiger partial charge in [0.2, 0.25) is 0 Å². The zero-order chi connectivity index (χ0) is 11.8. The van der Waals surface area contributed by atoms with Gasteiger partial charge in [0.1, 0.15) is 0 Å². The second-order valence-corrected chi connectivity index (χ2v) is 4.81. The van der Waals surface area contributed by atoms with Crippen LogP contribution in [0.4, 0.5) is 0 Å². The molecule has 0 aliphatic carbocycles. The van der Waals surface area contributed by atoms with Crippen LogP contribution in [0.1, 0.15) is 31.2 Å². The van der Waals surface area contributed by atoms with E-state index in [2.05, 4.69) is 45.5 Å². The third-order valence-corrected chi connectivity index (χ3v) is 3.21. The quantitative estimate of drug-likeness (QED) is 0.832. The van der Waals surface area contributed by atoms with E-state index in [9.17, 15) is 0 Å². The monoisotopic (exact) mass is 285 g/mol. The number of piperidine rings is 1. The molecule has 1 saturated heterocycles. The zero-order valence-corrected chi connectivity index (χ0v) is 11.3. The average Bonchev–Trinajstić information content (AvgIpc) is 2.32. The van der Waals surface area contributed by atoms with Crippen molar-refractivity contribution in [2.24, 2.45) is 0 Å². The van der Waals surface area contributed by atoms with Crippen LogP contribution >= 0.6 is 15.9 Å². The molecule has 0 atom stereocenters. The van der Waals surface area contributed by atoms with Gasteiger partial charge in [-0.2, -0.15) is 0 Å². The maximum Gasteiger partial charge on any atom is 0.0402 e. The maximum atomic E-state index is 7.57. The van der Waals surface area contributed by atoms with E-state index in [1.807, 2.05) is 0 Å². The first-order valence-corrected chi connectivity index (χ1v) is 6.64. The van der Waals surface area contributed by atoms with E-state index in [4.69, 9.17) is 5.11 Å². The Morgan fingerprint density at radius 3 is 2.25 bits per heavy atom. The highest BCUT2D eigenvalue weighted by Gasteiger charge is 2.14. The predicted molar refractivity (Wildman–Crippen MR) is 71.7 cm³/mol. The van der Waals surface area contributed by atoms with Crippen molar-refractivity contribution in [1.29, 1.82) is 0 Å². The van der Waals surface area contributed by atoms with E-state index in [-0.39, 0.29) is 6.61 Å². The number of aliphatic hydroxyl groups excluding tert-OH is 1. The molecule has 16 heavy (non-hydrogen) atoms. The van der Waals surface area contributed by atoms with Crippen molar-refractivity contribution >= 4 is 15.9 Å². The Morgan fingerprint density at radius 2 is 1.75 bits per heavy atom. The maximum absolute atomic E-state index is 7.57. The molecule has 1 aliphatic rings. The van der Waals surface area contributed by atoms with Crippen LogP contribution in [-0.4, -0.2) is 24.8 Å². The van der Waals surface area contributed by atoms with Crippen molar-refractivity contribution in [2.45, 2.75) is 25.7 Å². The van der Waals surface area contributed by atoms with E-state index in [1.54, 1.807) is 6.92 Å². The summed E-state index contributed by atoms with van der Waals surface area (Å²) < 4.78 is 1.17. The van der Waals surface area contributed by atoms with Crippen molar-refractivity contribution in [3.8, 4) is 0 Å². The summed E-state index contributed by atoms with van der Waals surface area (Å²) in [4.78, 5) is 0. The SMILES string of the molecule is Brc1ccc(C2CCNCC2)cc1.CCO. The number of hydrogen-bond donors (Lipinski definition) is 2. The van der Waals surface area contributed by atoms with Gasteiger partial charge in [-0.3, -0.25) is 0 Å². The van der Waals surface area contributed by atoms with E-state index in [1.165, 1.54) is 36.0 Å². The fourth-order valence-electron chi connectivity index (χ4n) is 1.89. The second-order valence-electron chi connectivity index (χ2n) is 3.89. The Bertz CT molecular complexity index is 280. The van der Waals surface area contributed by atoms with Gasteiger partial charge in [-0.05, 0) is 56.5 Å². The van der Waals surface area contributed by atoms with E-state index >= 15 is 0 Å². The average molecular weight is 286 g/mol. The molecule has 2 N–H and O–H groups in total. The molecule has 1 aliphatic heterocycles. The van der Waals surface area contributed by atoms with Gasteiger partial charge in [-0.15, -0.1) is 0 Å². The zero-order valence-electron chi connectivity index (χ0n) is 9.75. The van der Waals surface area contributed by atoms with E-state index in [0.717, 1.165) is 5.92 Å². The van der Waals surface area contributed by atoms with Gasteiger partial charge in [-0.1, -0.05) is 28.1 Å². The Balaban J connectivity index is 0.000000386. The number of hydrogen-bond acceptors (Lipinski definition) is 2. The molecule has 90 valence electrons. The molecule has 0 unspecified atom stereocenters. The molecule has 1 heterocycles. The third kappa shape index (κ3) is 4.64. The van der Waals surface area contributed by atoms with Gasteiger partial charge >= 0.3 is 0 Å². The lowest BCUT2D eigenvalue weighted by Gasteiger charge is -2.22. The smallest absolute Gasteiger partial charge is 0.0402 e. The first kappa shape index (κ1) is 13.7. The summed E-state index contributed by atoms with van der Waals surface area (Å²) in [5, 5.41) is 11.0. The molecule has 0 bridgehead atoms. The molecule has 2 nitrogen and oxygen atoms in total. The number of rotatable bonds is 1. The summed E-state index contributed by atoms with van der Waals surface area (Å²) in [5.41, 5.74) is 1.49. The van der Waals surface area contributed by atoms with Crippen molar-refractivity contribution < 1.29 is 5.11 Å². The Kier molecular flexibility index (Phi) is 6.69. The van der Waals surface area contributed by atoms with Crippen LogP contribution < -0.4 is 5.32 Å². The standard InChI is InChI=1S/C11H14BrN.C2H6O/c12-11-3-1-9(2-4-11)10-5-7-13-8-6-10;1-2-3/h1-4,10,13H,5-8H2;3H,2H2,1H3. The lowest BCUT2D eigenvalue weighted by atomic mass is 9.90. The third-order valence-electron chi connectivity index (χ3n) is 2.68. The summed E-state index contributed by atoms with van der Waals surface area (Å²) in [6.07, 6.45) is 2.56. The van der Waals surface area contributed by atoms with Crippen molar-refractivity contribution in [2.75, 3.05) is 19.7 Å². The van der Waals surface area contributed by atoms with Crippen LogP contribution in [-0.2, 0) is 0 Å². The molecule has 0 amide bonds. The van der Waals surface area contributed by atoms with Crippen LogP contribution in [0.25, 0.3) is 0 Å². The first-order chi connectivity index (χ1) is 7.77. The minimum Gasteiger partial charge on any atom is -0.397 e. The number of benzene rings is 1. The molecule has 0 spiro atoms. The summed E-state index contributed by atoms with van der Waals surface area (Å²) in [7, 11) is 0. The number of nitrogens with one attached hydrogen (secondary N) is 1. The summed E-state index contributed by atoms with van der Waals surface area (Å²) in [5.74, 6) is 0.773. The van der Waals surface area contributed by atoms with Gasteiger partial charge in [-0.25, -0.2) is 0 Å². The van der Waals surface area contributed by atoms with Gasteiger partial charge < -0.3 is 10.4 Å². The molecule has 0 radical (unpaired) electrons. The van der Waals surface area contributed by atoms with Gasteiger partial charge in [0.05, 0.1) is 0 Å². The normalized spacial score (nSPS) is 16.4. The highest BCUT2D eigenvalue weighted by Crippen LogP contribution is 2.25. The fourth-order valence-corrected chi connectivity index (χ4v) is 2.15. The predicted octanol–water partition coefficient (Wildman–Crippen LogP) is 2.91. The van der Waals surface area contributed by atoms with Crippen molar-refractivity contribution in [3.63, 3.8) is 0 Å². The van der Waals surface area contributed by atoms with E-state index < -0.39 is 0 Å². The van der Waals surface area contributed by atoms with E-state index in [0.29, 0.717) is 0 Å². The van der Waals surface area contributed by atoms with Crippen LogP contribution in [0, 0.1) is 0 Å². The summed E-state index contributed by atoms with van der Waals surface area (Å²) in [6, 6.07) is 8.74. The molecular formula is C13H20BrNO. The molecule has 1 fully saturated rings. The molecule has 0 saturated carbocycles. The molecule has 1 aromatic rings. The van der Waals surface area contributed by atoms with Crippen LogP contribution in [0.2, 0.25) is 0 Å². The highest BCUT2D eigenvalue weighted by atomic mass is 79.9. The van der Waals surface area contributed by atoms with Crippen LogP contribution in [0.3, 0.4) is 0 Å². The first-order valence-electron chi connectivity index (χ1n) is 5.85.